The first-order valence-corrected chi connectivity index (χ1v) is 9.35. The van der Waals surface area contributed by atoms with Crippen LogP contribution in [0.1, 0.15) is 31.4 Å². The van der Waals surface area contributed by atoms with Crippen LogP contribution in [0.5, 0.6) is 0 Å². The van der Waals surface area contributed by atoms with Gasteiger partial charge in [-0.25, -0.2) is 9.97 Å². The molecule has 2 aliphatic rings. The van der Waals surface area contributed by atoms with Gasteiger partial charge >= 0.3 is 0 Å². The fourth-order valence-electron chi connectivity index (χ4n) is 3.10. The summed E-state index contributed by atoms with van der Waals surface area (Å²) >= 11 is 1.49. The van der Waals surface area contributed by atoms with E-state index in [4.69, 9.17) is 0 Å². The van der Waals surface area contributed by atoms with Crippen molar-refractivity contribution in [3.63, 3.8) is 0 Å². The Labute approximate surface area is 140 Å². The van der Waals surface area contributed by atoms with Crippen molar-refractivity contribution < 1.29 is 4.79 Å². The van der Waals surface area contributed by atoms with Crippen LogP contribution in [0.2, 0.25) is 0 Å². The number of hydrogen-bond acceptors (Lipinski definition) is 4. The summed E-state index contributed by atoms with van der Waals surface area (Å²) in [6.07, 6.45) is 5.13. The molecule has 0 aliphatic heterocycles. The van der Waals surface area contributed by atoms with E-state index in [0.29, 0.717) is 11.8 Å². The van der Waals surface area contributed by atoms with Gasteiger partial charge in [-0.1, -0.05) is 23.9 Å². The molecule has 5 heteroatoms. The molecule has 2 aromatic rings. The summed E-state index contributed by atoms with van der Waals surface area (Å²) in [4.78, 5) is 21.5. The number of carbonyl (C=O) groups is 1. The van der Waals surface area contributed by atoms with E-state index >= 15 is 0 Å². The fraction of sp³-hybridized carbons (Fsp3) is 0.500. The first-order chi connectivity index (χ1) is 11.2. The van der Waals surface area contributed by atoms with Gasteiger partial charge < -0.3 is 5.32 Å². The first-order valence-electron chi connectivity index (χ1n) is 8.36. The summed E-state index contributed by atoms with van der Waals surface area (Å²) in [5, 5.41) is 4.11. The zero-order valence-electron chi connectivity index (χ0n) is 13.3. The Morgan fingerprint density at radius 2 is 1.78 bits per heavy atom. The first kappa shape index (κ1) is 14.9. The molecule has 0 bridgehead atoms. The third kappa shape index (κ3) is 3.50. The molecule has 2 aliphatic carbocycles. The van der Waals surface area contributed by atoms with Crippen LogP contribution >= 0.6 is 11.8 Å². The number of aryl methyl sites for hydroxylation is 1. The summed E-state index contributed by atoms with van der Waals surface area (Å²) in [7, 11) is 0. The van der Waals surface area contributed by atoms with Gasteiger partial charge in [-0.3, -0.25) is 4.79 Å². The molecular formula is C18H21N3OS. The number of aromatic nitrogens is 2. The number of fused-ring (bicyclic) bond motifs is 1. The highest BCUT2D eigenvalue weighted by Crippen LogP contribution is 2.44. The van der Waals surface area contributed by atoms with Crippen LogP contribution in [0.3, 0.4) is 0 Å². The maximum absolute atomic E-state index is 12.3. The van der Waals surface area contributed by atoms with Crippen LogP contribution in [0, 0.1) is 18.8 Å². The second-order valence-corrected chi connectivity index (χ2v) is 7.62. The molecule has 4 nitrogen and oxygen atoms in total. The largest absolute Gasteiger partial charge is 0.352 e. The number of carbonyl (C=O) groups excluding carboxylic acids is 1. The molecule has 0 saturated heterocycles. The molecule has 23 heavy (non-hydrogen) atoms. The average Bonchev–Trinajstić information content (AvgIpc) is 3.44. The van der Waals surface area contributed by atoms with E-state index in [1.165, 1.54) is 37.4 Å². The minimum Gasteiger partial charge on any atom is -0.352 e. The molecule has 4 rings (SSSR count). The van der Waals surface area contributed by atoms with Gasteiger partial charge in [0.2, 0.25) is 5.91 Å². The minimum atomic E-state index is 0.133. The van der Waals surface area contributed by atoms with Crippen LogP contribution in [0.25, 0.3) is 11.0 Å². The molecule has 120 valence electrons. The van der Waals surface area contributed by atoms with Gasteiger partial charge in [-0.05, 0) is 56.6 Å². The molecule has 1 heterocycles. The van der Waals surface area contributed by atoms with Crippen molar-refractivity contribution in [3.05, 3.63) is 30.0 Å². The third-order valence-corrected chi connectivity index (χ3v) is 5.70. The Kier molecular flexibility index (Phi) is 3.97. The number of para-hydroxylation sites is 2. The number of hydrogen-bond donors (Lipinski definition) is 1. The predicted molar refractivity (Wildman–Crippen MR) is 92.4 cm³/mol. The van der Waals surface area contributed by atoms with E-state index in [0.717, 1.165) is 33.6 Å². The van der Waals surface area contributed by atoms with E-state index in [9.17, 15) is 4.79 Å². The monoisotopic (exact) mass is 327 g/mol. The van der Waals surface area contributed by atoms with E-state index in [2.05, 4.69) is 15.3 Å². The third-order valence-electron chi connectivity index (χ3n) is 4.63. The van der Waals surface area contributed by atoms with E-state index in [-0.39, 0.29) is 5.91 Å². The summed E-state index contributed by atoms with van der Waals surface area (Å²) in [6.45, 7) is 1.96. The van der Waals surface area contributed by atoms with Crippen LogP contribution in [0.4, 0.5) is 0 Å². The van der Waals surface area contributed by atoms with E-state index < -0.39 is 0 Å². The van der Waals surface area contributed by atoms with Gasteiger partial charge in [-0.2, -0.15) is 0 Å². The lowest BCUT2D eigenvalue weighted by Gasteiger charge is -2.17. The quantitative estimate of drug-likeness (QED) is 0.827. The van der Waals surface area contributed by atoms with Gasteiger partial charge in [0.1, 0.15) is 5.03 Å². The SMILES string of the molecule is Cc1nc2ccccc2nc1SCC(=O)NC(C1CC1)C1CC1. The molecule has 2 saturated carbocycles. The number of nitrogens with one attached hydrogen (secondary N) is 1. The summed E-state index contributed by atoms with van der Waals surface area (Å²) in [5.74, 6) is 2.02. The lowest BCUT2D eigenvalue weighted by Crippen LogP contribution is -2.39. The molecule has 2 fully saturated rings. The molecule has 0 radical (unpaired) electrons. The van der Waals surface area contributed by atoms with Crippen molar-refractivity contribution in [2.45, 2.75) is 43.7 Å². The zero-order valence-corrected chi connectivity index (χ0v) is 14.1. The Balaban J connectivity index is 1.40. The minimum absolute atomic E-state index is 0.133. The van der Waals surface area contributed by atoms with E-state index in [1.807, 2.05) is 31.2 Å². The average molecular weight is 327 g/mol. The summed E-state index contributed by atoms with van der Waals surface area (Å²) in [5.41, 5.74) is 2.68. The number of benzene rings is 1. The number of nitrogens with zero attached hydrogens (tertiary/aromatic N) is 2. The van der Waals surface area contributed by atoms with Crippen LogP contribution in [0.15, 0.2) is 29.3 Å². The number of rotatable bonds is 6. The number of amides is 1. The Morgan fingerprint density at radius 1 is 1.17 bits per heavy atom. The van der Waals surface area contributed by atoms with Crippen molar-refractivity contribution in [3.8, 4) is 0 Å². The molecule has 0 spiro atoms. The topological polar surface area (TPSA) is 54.9 Å². The molecule has 1 amide bonds. The van der Waals surface area contributed by atoms with Gasteiger partial charge in [0, 0.05) is 6.04 Å². The van der Waals surface area contributed by atoms with Crippen molar-refractivity contribution in [1.29, 1.82) is 0 Å². The molecule has 1 aromatic carbocycles. The van der Waals surface area contributed by atoms with Crippen LogP contribution in [-0.2, 0) is 4.79 Å². The number of thioether (sulfide) groups is 1. The van der Waals surface area contributed by atoms with Gasteiger partial charge in [0.05, 0.1) is 22.5 Å². The van der Waals surface area contributed by atoms with Gasteiger partial charge in [-0.15, -0.1) is 0 Å². The van der Waals surface area contributed by atoms with Crippen molar-refractivity contribution in [2.24, 2.45) is 11.8 Å². The maximum atomic E-state index is 12.3. The van der Waals surface area contributed by atoms with Crippen molar-refractivity contribution >= 4 is 28.7 Å². The lowest BCUT2D eigenvalue weighted by molar-refractivity contribution is -0.119. The summed E-state index contributed by atoms with van der Waals surface area (Å²) < 4.78 is 0. The lowest BCUT2D eigenvalue weighted by atomic mass is 10.1. The molecule has 1 N–H and O–H groups in total. The zero-order chi connectivity index (χ0) is 15.8. The van der Waals surface area contributed by atoms with Crippen LogP contribution < -0.4 is 5.32 Å². The van der Waals surface area contributed by atoms with E-state index in [1.54, 1.807) is 0 Å². The highest BCUT2D eigenvalue weighted by molar-refractivity contribution is 7.99. The Bertz CT molecular complexity index is 728. The second-order valence-electron chi connectivity index (χ2n) is 6.66. The normalized spacial score (nSPS) is 17.7. The standard InChI is InChI=1S/C18H21N3OS/c1-11-18(20-15-5-3-2-4-14(15)19-11)23-10-16(22)21-17(12-6-7-12)13-8-9-13/h2-5,12-13,17H,6-10H2,1H3,(H,21,22). The highest BCUT2D eigenvalue weighted by Gasteiger charge is 2.42. The predicted octanol–water partition coefficient (Wildman–Crippen LogP) is 3.34. The van der Waals surface area contributed by atoms with Crippen LogP contribution in [-0.4, -0.2) is 27.7 Å². The van der Waals surface area contributed by atoms with Crippen molar-refractivity contribution in [2.75, 3.05) is 5.75 Å². The Hall–Kier alpha value is -1.62. The van der Waals surface area contributed by atoms with Gasteiger partial charge in [0.15, 0.2) is 0 Å². The fourth-order valence-corrected chi connectivity index (χ4v) is 3.87. The molecule has 1 aromatic heterocycles. The Morgan fingerprint density at radius 3 is 2.39 bits per heavy atom. The van der Waals surface area contributed by atoms with Gasteiger partial charge in [0.25, 0.3) is 0 Å². The molecule has 0 atom stereocenters. The molecular weight excluding hydrogens is 306 g/mol. The maximum Gasteiger partial charge on any atom is 0.230 e. The molecule has 0 unspecified atom stereocenters. The summed E-state index contributed by atoms with van der Waals surface area (Å²) in [6, 6.07) is 8.27. The van der Waals surface area contributed by atoms with Crippen molar-refractivity contribution in [1.82, 2.24) is 15.3 Å². The highest BCUT2D eigenvalue weighted by atomic mass is 32.2. The smallest absolute Gasteiger partial charge is 0.230 e. The second kappa shape index (κ2) is 6.11.